The minimum absolute atomic E-state index is 0.0772. The lowest BCUT2D eigenvalue weighted by molar-refractivity contribution is -0.117. The summed E-state index contributed by atoms with van der Waals surface area (Å²) in [5.74, 6) is 0.993. The molecule has 0 aromatic heterocycles. The number of rotatable bonds is 8. The maximum atomic E-state index is 12.3. The van der Waals surface area contributed by atoms with E-state index in [1.54, 1.807) is 24.1 Å². The number of hydrogen-bond acceptors (Lipinski definition) is 3. The van der Waals surface area contributed by atoms with Gasteiger partial charge in [-0.1, -0.05) is 18.2 Å². The first-order valence-electron chi connectivity index (χ1n) is 9.49. The van der Waals surface area contributed by atoms with Crippen LogP contribution in [0.2, 0.25) is 0 Å². The van der Waals surface area contributed by atoms with Crippen molar-refractivity contribution in [3.05, 3.63) is 59.7 Å². The van der Waals surface area contributed by atoms with Crippen molar-refractivity contribution in [1.82, 2.24) is 5.32 Å². The normalized spacial score (nSPS) is 13.7. The van der Waals surface area contributed by atoms with Crippen LogP contribution in [0.4, 0.5) is 5.69 Å². The number of nitrogens with one attached hydrogen (secondary N) is 1. The van der Waals surface area contributed by atoms with Crippen molar-refractivity contribution in [2.75, 3.05) is 25.1 Å². The van der Waals surface area contributed by atoms with Crippen LogP contribution in [0.25, 0.3) is 0 Å². The van der Waals surface area contributed by atoms with E-state index in [2.05, 4.69) is 11.4 Å². The van der Waals surface area contributed by atoms with Crippen molar-refractivity contribution in [1.29, 1.82) is 0 Å². The first-order valence-corrected chi connectivity index (χ1v) is 9.49. The van der Waals surface area contributed by atoms with E-state index in [0.717, 1.165) is 43.7 Å². The van der Waals surface area contributed by atoms with Crippen molar-refractivity contribution in [3.8, 4) is 5.75 Å². The van der Waals surface area contributed by atoms with Gasteiger partial charge in [-0.15, -0.1) is 0 Å². The van der Waals surface area contributed by atoms with Gasteiger partial charge in [0.05, 0.1) is 7.11 Å². The van der Waals surface area contributed by atoms with Crippen LogP contribution in [0.1, 0.15) is 41.6 Å². The van der Waals surface area contributed by atoms with Gasteiger partial charge in [0.15, 0.2) is 0 Å². The fourth-order valence-corrected chi connectivity index (χ4v) is 3.37. The number of aryl methyl sites for hydroxylation is 1. The van der Waals surface area contributed by atoms with E-state index in [9.17, 15) is 9.59 Å². The molecule has 0 unspecified atom stereocenters. The molecule has 0 atom stereocenters. The maximum absolute atomic E-state index is 12.3. The first-order chi connectivity index (χ1) is 13.2. The van der Waals surface area contributed by atoms with Gasteiger partial charge in [-0.05, 0) is 61.6 Å². The Kier molecular flexibility index (Phi) is 6.47. The zero-order valence-electron chi connectivity index (χ0n) is 15.7. The number of benzene rings is 2. The lowest BCUT2D eigenvalue weighted by Crippen LogP contribution is -2.25. The Labute approximate surface area is 160 Å². The fourth-order valence-electron chi connectivity index (χ4n) is 3.37. The van der Waals surface area contributed by atoms with Crippen LogP contribution < -0.4 is 15.0 Å². The van der Waals surface area contributed by atoms with Gasteiger partial charge in [0.25, 0.3) is 5.91 Å². The lowest BCUT2D eigenvalue weighted by atomic mass is 10.1. The van der Waals surface area contributed by atoms with E-state index in [0.29, 0.717) is 18.5 Å². The summed E-state index contributed by atoms with van der Waals surface area (Å²) in [5, 5.41) is 2.96. The van der Waals surface area contributed by atoms with Crippen molar-refractivity contribution >= 4 is 17.5 Å². The maximum Gasteiger partial charge on any atom is 0.251 e. The highest BCUT2D eigenvalue weighted by Crippen LogP contribution is 2.22. The van der Waals surface area contributed by atoms with E-state index in [4.69, 9.17) is 4.74 Å². The minimum atomic E-state index is -0.0772. The summed E-state index contributed by atoms with van der Waals surface area (Å²) in [6, 6.07) is 15.3. The Bertz CT molecular complexity index is 786. The molecule has 1 N–H and O–H groups in total. The Hall–Kier alpha value is -2.82. The molecule has 0 saturated carbocycles. The largest absolute Gasteiger partial charge is 0.496 e. The summed E-state index contributed by atoms with van der Waals surface area (Å²) in [7, 11) is 1.68. The zero-order valence-corrected chi connectivity index (χ0v) is 15.7. The molecule has 0 aliphatic carbocycles. The van der Waals surface area contributed by atoms with Crippen LogP contribution in [0.3, 0.4) is 0 Å². The first kappa shape index (κ1) is 19.0. The molecule has 2 aromatic rings. The standard InChI is InChI=1S/C22H26N2O3/c1-27-20-9-3-2-7-17(20)8-4-5-15-23-22(26)18-11-13-19(14-12-18)24-16-6-10-21(24)25/h2-3,7,9,11-14H,4-6,8,10,15-16H2,1H3,(H,23,26). The third-order valence-electron chi connectivity index (χ3n) is 4.87. The molecular weight excluding hydrogens is 340 g/mol. The molecule has 2 amide bonds. The van der Waals surface area contributed by atoms with E-state index in [-0.39, 0.29) is 11.8 Å². The van der Waals surface area contributed by atoms with Crippen LogP contribution in [0.15, 0.2) is 48.5 Å². The van der Waals surface area contributed by atoms with Crippen LogP contribution in [-0.2, 0) is 11.2 Å². The van der Waals surface area contributed by atoms with Gasteiger partial charge in [-0.2, -0.15) is 0 Å². The highest BCUT2D eigenvalue weighted by Gasteiger charge is 2.21. The molecule has 27 heavy (non-hydrogen) atoms. The molecule has 1 heterocycles. The van der Waals surface area contributed by atoms with E-state index < -0.39 is 0 Å². The zero-order chi connectivity index (χ0) is 19.1. The number of carbonyl (C=O) groups is 2. The van der Waals surface area contributed by atoms with Crippen LogP contribution >= 0.6 is 0 Å². The quantitative estimate of drug-likeness (QED) is 0.727. The summed E-state index contributed by atoms with van der Waals surface area (Å²) < 4.78 is 5.36. The number of para-hydroxylation sites is 1. The predicted octanol–water partition coefficient (Wildman–Crippen LogP) is 3.57. The summed E-state index contributed by atoms with van der Waals surface area (Å²) in [6.45, 7) is 1.40. The second-order valence-electron chi connectivity index (χ2n) is 6.72. The number of nitrogens with zero attached hydrogens (tertiary/aromatic N) is 1. The molecule has 3 rings (SSSR count). The third kappa shape index (κ3) is 4.88. The van der Waals surface area contributed by atoms with E-state index in [1.807, 2.05) is 30.3 Å². The number of ether oxygens (including phenoxy) is 1. The van der Waals surface area contributed by atoms with Gasteiger partial charge in [-0.25, -0.2) is 0 Å². The SMILES string of the molecule is COc1ccccc1CCCCNC(=O)c1ccc(N2CCCC2=O)cc1. The minimum Gasteiger partial charge on any atom is -0.496 e. The van der Waals surface area contributed by atoms with Gasteiger partial charge in [-0.3, -0.25) is 9.59 Å². The molecule has 0 bridgehead atoms. The Morgan fingerprint density at radius 2 is 1.89 bits per heavy atom. The van der Waals surface area contributed by atoms with Gasteiger partial charge in [0.2, 0.25) is 5.91 Å². The Morgan fingerprint density at radius 3 is 2.59 bits per heavy atom. The van der Waals surface area contributed by atoms with Crippen molar-refractivity contribution < 1.29 is 14.3 Å². The van der Waals surface area contributed by atoms with Crippen LogP contribution in [-0.4, -0.2) is 32.0 Å². The van der Waals surface area contributed by atoms with Gasteiger partial charge in [0, 0.05) is 30.8 Å². The molecular formula is C22H26N2O3. The second-order valence-corrected chi connectivity index (χ2v) is 6.72. The summed E-state index contributed by atoms with van der Waals surface area (Å²) >= 11 is 0. The highest BCUT2D eigenvalue weighted by atomic mass is 16.5. The van der Waals surface area contributed by atoms with Gasteiger partial charge in [0.1, 0.15) is 5.75 Å². The molecule has 142 valence electrons. The number of amides is 2. The average Bonchev–Trinajstić information content (AvgIpc) is 3.14. The molecule has 1 saturated heterocycles. The molecule has 0 spiro atoms. The number of carbonyl (C=O) groups excluding carboxylic acids is 2. The van der Waals surface area contributed by atoms with Gasteiger partial charge < -0.3 is 15.0 Å². The van der Waals surface area contributed by atoms with Crippen molar-refractivity contribution in [2.24, 2.45) is 0 Å². The smallest absolute Gasteiger partial charge is 0.251 e. The number of hydrogen-bond donors (Lipinski definition) is 1. The van der Waals surface area contributed by atoms with Crippen molar-refractivity contribution in [3.63, 3.8) is 0 Å². The second kappa shape index (κ2) is 9.21. The molecule has 1 fully saturated rings. The monoisotopic (exact) mass is 366 g/mol. The van der Waals surface area contributed by atoms with E-state index in [1.165, 1.54) is 5.56 Å². The van der Waals surface area contributed by atoms with Crippen molar-refractivity contribution in [2.45, 2.75) is 32.1 Å². The molecule has 1 aliphatic heterocycles. The summed E-state index contributed by atoms with van der Waals surface area (Å²) in [6.07, 6.45) is 4.33. The molecule has 5 heteroatoms. The molecule has 5 nitrogen and oxygen atoms in total. The summed E-state index contributed by atoms with van der Waals surface area (Å²) in [5.41, 5.74) is 2.68. The van der Waals surface area contributed by atoms with Crippen LogP contribution in [0.5, 0.6) is 5.75 Å². The van der Waals surface area contributed by atoms with Gasteiger partial charge >= 0.3 is 0 Å². The number of methoxy groups -OCH3 is 1. The predicted molar refractivity (Wildman–Crippen MR) is 106 cm³/mol. The average molecular weight is 366 g/mol. The summed E-state index contributed by atoms with van der Waals surface area (Å²) in [4.78, 5) is 25.8. The topological polar surface area (TPSA) is 58.6 Å². The number of anilines is 1. The highest BCUT2D eigenvalue weighted by molar-refractivity contribution is 5.97. The Balaban J connectivity index is 1.42. The Morgan fingerprint density at radius 1 is 1.11 bits per heavy atom. The lowest BCUT2D eigenvalue weighted by Gasteiger charge is -2.15. The van der Waals surface area contributed by atoms with E-state index >= 15 is 0 Å². The molecule has 1 aliphatic rings. The number of unbranched alkanes of at least 4 members (excludes halogenated alkanes) is 1. The molecule has 2 aromatic carbocycles. The third-order valence-corrected chi connectivity index (χ3v) is 4.87. The van der Waals surface area contributed by atoms with Crippen LogP contribution in [0, 0.1) is 0 Å². The fraction of sp³-hybridized carbons (Fsp3) is 0.364. The molecule has 0 radical (unpaired) electrons.